The quantitative estimate of drug-likeness (QED) is 0.741. The molecule has 0 spiro atoms. The molecule has 4 heteroatoms. The lowest BCUT2D eigenvalue weighted by Crippen LogP contribution is -2.13. The van der Waals surface area contributed by atoms with Gasteiger partial charge in [0.05, 0.1) is 0 Å². The second kappa shape index (κ2) is 2.97. The van der Waals surface area contributed by atoms with E-state index in [9.17, 15) is 4.79 Å². The Hall–Kier alpha value is -1.58. The zero-order valence-corrected chi connectivity index (χ0v) is 8.53. The minimum atomic E-state index is -0.167. The Morgan fingerprint density at radius 2 is 2.14 bits per heavy atom. The van der Waals surface area contributed by atoms with Gasteiger partial charge >= 0.3 is 5.69 Å². The second-order valence-corrected chi connectivity index (χ2v) is 3.75. The van der Waals surface area contributed by atoms with Crippen LogP contribution in [0.25, 0.3) is 5.65 Å². The summed E-state index contributed by atoms with van der Waals surface area (Å²) >= 11 is 0. The molecule has 2 rings (SSSR count). The lowest BCUT2D eigenvalue weighted by Gasteiger charge is -2.09. The highest BCUT2D eigenvalue weighted by atomic mass is 16.1. The van der Waals surface area contributed by atoms with Crippen LogP contribution in [-0.4, -0.2) is 14.6 Å². The monoisotopic (exact) mass is 191 g/mol. The van der Waals surface area contributed by atoms with E-state index in [-0.39, 0.29) is 5.69 Å². The minimum Gasteiger partial charge on any atom is -0.247 e. The van der Waals surface area contributed by atoms with Gasteiger partial charge in [-0.3, -0.25) is 0 Å². The van der Waals surface area contributed by atoms with Gasteiger partial charge < -0.3 is 0 Å². The zero-order valence-electron chi connectivity index (χ0n) is 8.53. The van der Waals surface area contributed by atoms with Crippen LogP contribution in [-0.2, 0) is 0 Å². The van der Waals surface area contributed by atoms with E-state index in [0.29, 0.717) is 11.6 Å². The maximum Gasteiger partial charge on any atom is 0.347 e. The van der Waals surface area contributed by atoms with Gasteiger partial charge in [-0.25, -0.2) is 14.3 Å². The largest absolute Gasteiger partial charge is 0.347 e. The summed E-state index contributed by atoms with van der Waals surface area (Å²) in [5.74, 6) is 0.418. The van der Waals surface area contributed by atoms with E-state index in [1.165, 1.54) is 5.56 Å². The highest BCUT2D eigenvalue weighted by molar-refractivity contribution is 5.42. The number of pyridine rings is 1. The number of fused-ring (bicyclic) bond motifs is 1. The Balaban J connectivity index is 2.86. The number of nitrogens with one attached hydrogen (secondary N) is 1. The second-order valence-electron chi connectivity index (χ2n) is 3.75. The summed E-state index contributed by atoms with van der Waals surface area (Å²) in [6.45, 7) is 6.16. The molecule has 0 aliphatic heterocycles. The molecule has 2 aromatic rings. The Labute approximate surface area is 81.6 Å². The fourth-order valence-electron chi connectivity index (χ4n) is 1.77. The van der Waals surface area contributed by atoms with Crippen LogP contribution >= 0.6 is 0 Å². The van der Waals surface area contributed by atoms with E-state index in [4.69, 9.17) is 0 Å². The summed E-state index contributed by atoms with van der Waals surface area (Å²) in [6, 6.07) is 3.88. The predicted octanol–water partition coefficient (Wildman–Crippen LogP) is 1.45. The number of aromatic nitrogens is 3. The van der Waals surface area contributed by atoms with Crippen molar-refractivity contribution < 1.29 is 0 Å². The van der Waals surface area contributed by atoms with E-state index in [0.717, 1.165) is 5.69 Å². The van der Waals surface area contributed by atoms with Gasteiger partial charge in [-0.2, -0.15) is 5.10 Å². The van der Waals surface area contributed by atoms with E-state index in [2.05, 4.69) is 24.0 Å². The van der Waals surface area contributed by atoms with Crippen molar-refractivity contribution in [3.63, 3.8) is 0 Å². The molecule has 2 aromatic heterocycles. The van der Waals surface area contributed by atoms with Crippen molar-refractivity contribution in [1.29, 1.82) is 0 Å². The van der Waals surface area contributed by atoms with Crippen LogP contribution in [0.5, 0.6) is 0 Å². The summed E-state index contributed by atoms with van der Waals surface area (Å²) < 4.78 is 1.61. The lowest BCUT2D eigenvalue weighted by atomic mass is 10.0. The van der Waals surface area contributed by atoms with Crippen molar-refractivity contribution in [3.8, 4) is 0 Å². The first-order valence-electron chi connectivity index (χ1n) is 4.68. The van der Waals surface area contributed by atoms with Crippen LogP contribution in [0.3, 0.4) is 0 Å². The molecule has 0 unspecified atom stereocenters. The molecule has 0 saturated carbocycles. The number of H-pyrrole nitrogens is 1. The van der Waals surface area contributed by atoms with Crippen molar-refractivity contribution >= 4 is 5.65 Å². The molecule has 14 heavy (non-hydrogen) atoms. The molecular formula is C10H13N3O. The number of rotatable bonds is 1. The molecule has 0 saturated heterocycles. The van der Waals surface area contributed by atoms with Crippen molar-refractivity contribution in [2.75, 3.05) is 0 Å². The molecule has 1 N–H and O–H groups in total. The summed E-state index contributed by atoms with van der Waals surface area (Å²) in [7, 11) is 0. The van der Waals surface area contributed by atoms with Crippen LogP contribution in [0.1, 0.15) is 31.0 Å². The Morgan fingerprint density at radius 3 is 2.79 bits per heavy atom. The van der Waals surface area contributed by atoms with Crippen LogP contribution in [0.2, 0.25) is 0 Å². The average molecular weight is 191 g/mol. The highest BCUT2D eigenvalue weighted by Gasteiger charge is 2.09. The normalized spacial score (nSPS) is 11.4. The third-order valence-electron chi connectivity index (χ3n) is 2.49. The number of hydrogen-bond donors (Lipinski definition) is 1. The Kier molecular flexibility index (Phi) is 1.91. The third kappa shape index (κ3) is 1.14. The molecule has 0 radical (unpaired) electrons. The first-order chi connectivity index (χ1) is 6.61. The maximum atomic E-state index is 11.4. The van der Waals surface area contributed by atoms with Crippen molar-refractivity contribution in [2.45, 2.75) is 26.7 Å². The molecular weight excluding hydrogens is 178 g/mol. The molecule has 0 fully saturated rings. The van der Waals surface area contributed by atoms with Gasteiger partial charge in [-0.15, -0.1) is 0 Å². The third-order valence-corrected chi connectivity index (χ3v) is 2.49. The lowest BCUT2D eigenvalue weighted by molar-refractivity contribution is 0.829. The van der Waals surface area contributed by atoms with Crippen molar-refractivity contribution in [3.05, 3.63) is 33.9 Å². The highest BCUT2D eigenvalue weighted by Crippen LogP contribution is 2.18. The maximum absolute atomic E-state index is 11.4. The molecule has 0 amide bonds. The SMILES string of the molecule is Cc1c(C(C)C)ccc2n[nH]c(=O)n12. The van der Waals surface area contributed by atoms with E-state index < -0.39 is 0 Å². The fraction of sp³-hybridized carbons (Fsp3) is 0.400. The summed E-state index contributed by atoms with van der Waals surface area (Å²) in [4.78, 5) is 11.4. The van der Waals surface area contributed by atoms with Crippen molar-refractivity contribution in [2.24, 2.45) is 0 Å². The first kappa shape index (κ1) is 8.99. The van der Waals surface area contributed by atoms with E-state index in [1.807, 2.05) is 19.1 Å². The van der Waals surface area contributed by atoms with Gasteiger partial charge in [0, 0.05) is 5.69 Å². The first-order valence-corrected chi connectivity index (χ1v) is 4.68. The van der Waals surface area contributed by atoms with Crippen LogP contribution in [0, 0.1) is 6.92 Å². The topological polar surface area (TPSA) is 50.2 Å². The van der Waals surface area contributed by atoms with Gasteiger partial charge in [0.2, 0.25) is 0 Å². The zero-order chi connectivity index (χ0) is 10.3. The van der Waals surface area contributed by atoms with Gasteiger partial charge in [0.15, 0.2) is 5.65 Å². The molecule has 0 bridgehead atoms. The number of aryl methyl sites for hydroxylation is 1. The molecule has 74 valence electrons. The number of aromatic amines is 1. The Bertz CT molecular complexity index is 522. The fourth-order valence-corrected chi connectivity index (χ4v) is 1.77. The standard InChI is InChI=1S/C10H13N3O/c1-6(2)8-4-5-9-11-12-10(14)13(9)7(8)3/h4-6H,1-3H3,(H,12,14). The number of hydrogen-bond acceptors (Lipinski definition) is 2. The van der Waals surface area contributed by atoms with Crippen molar-refractivity contribution in [1.82, 2.24) is 14.6 Å². The molecule has 4 nitrogen and oxygen atoms in total. The van der Waals surface area contributed by atoms with Gasteiger partial charge in [0.25, 0.3) is 0 Å². The molecule has 0 aliphatic rings. The summed E-state index contributed by atoms with van der Waals surface area (Å²) in [5, 5.41) is 6.35. The molecule has 0 aliphatic carbocycles. The van der Waals surface area contributed by atoms with Gasteiger partial charge in [-0.1, -0.05) is 19.9 Å². The predicted molar refractivity (Wildman–Crippen MR) is 54.6 cm³/mol. The van der Waals surface area contributed by atoms with E-state index >= 15 is 0 Å². The Morgan fingerprint density at radius 1 is 1.43 bits per heavy atom. The molecule has 0 aromatic carbocycles. The van der Waals surface area contributed by atoms with Crippen LogP contribution in [0.4, 0.5) is 0 Å². The average Bonchev–Trinajstić information content (AvgIpc) is 2.48. The molecule has 2 heterocycles. The minimum absolute atomic E-state index is 0.167. The molecule has 0 atom stereocenters. The van der Waals surface area contributed by atoms with Crippen LogP contribution in [0.15, 0.2) is 16.9 Å². The smallest absolute Gasteiger partial charge is 0.247 e. The summed E-state index contributed by atoms with van der Waals surface area (Å²) in [5.41, 5.74) is 2.66. The summed E-state index contributed by atoms with van der Waals surface area (Å²) in [6.07, 6.45) is 0. The number of nitrogens with zero attached hydrogens (tertiary/aromatic N) is 2. The van der Waals surface area contributed by atoms with Gasteiger partial charge in [-0.05, 0) is 24.5 Å². The van der Waals surface area contributed by atoms with Crippen LogP contribution < -0.4 is 5.69 Å². The van der Waals surface area contributed by atoms with Gasteiger partial charge in [0.1, 0.15) is 0 Å². The van der Waals surface area contributed by atoms with E-state index in [1.54, 1.807) is 4.40 Å².